The van der Waals surface area contributed by atoms with Gasteiger partial charge in [-0.3, -0.25) is 0 Å². The molecule has 0 radical (unpaired) electrons. The van der Waals surface area contributed by atoms with E-state index in [4.69, 9.17) is 5.73 Å². The summed E-state index contributed by atoms with van der Waals surface area (Å²) in [5.74, 6) is 0.0235. The number of anilines is 1. The van der Waals surface area contributed by atoms with Crippen LogP contribution in [0.5, 0.6) is 0 Å². The van der Waals surface area contributed by atoms with Crippen molar-refractivity contribution in [2.75, 3.05) is 36.0 Å². The zero-order valence-electron chi connectivity index (χ0n) is 11.9. The molecule has 0 fully saturated rings. The van der Waals surface area contributed by atoms with Crippen molar-refractivity contribution >= 4 is 15.5 Å². The second-order valence-electron chi connectivity index (χ2n) is 4.76. The van der Waals surface area contributed by atoms with E-state index in [9.17, 15) is 12.8 Å². The van der Waals surface area contributed by atoms with Crippen molar-refractivity contribution in [2.45, 2.75) is 19.8 Å². The molecule has 20 heavy (non-hydrogen) atoms. The van der Waals surface area contributed by atoms with Crippen LogP contribution in [0.1, 0.15) is 19.8 Å². The molecule has 0 bridgehead atoms. The Labute approximate surface area is 120 Å². The number of hydrogen-bond acceptors (Lipinski definition) is 4. The molecule has 1 rings (SSSR count). The summed E-state index contributed by atoms with van der Waals surface area (Å²) in [5, 5.41) is 0. The zero-order chi connectivity index (χ0) is 15.0. The van der Waals surface area contributed by atoms with Crippen molar-refractivity contribution in [2.24, 2.45) is 5.73 Å². The lowest BCUT2D eigenvalue weighted by Gasteiger charge is -2.24. The molecule has 0 heterocycles. The Morgan fingerprint density at radius 1 is 1.15 bits per heavy atom. The second-order valence-corrected chi connectivity index (χ2v) is 7.06. The first-order chi connectivity index (χ1) is 9.48. The maximum Gasteiger partial charge on any atom is 0.152 e. The Bertz CT molecular complexity index is 488. The lowest BCUT2D eigenvalue weighted by atomic mass is 10.2. The first kappa shape index (κ1) is 16.9. The Balaban J connectivity index is 2.72. The van der Waals surface area contributed by atoms with E-state index in [2.05, 4.69) is 0 Å². The third-order valence-electron chi connectivity index (χ3n) is 3.01. The molecule has 0 aliphatic rings. The number of rotatable bonds is 9. The van der Waals surface area contributed by atoms with E-state index in [0.717, 1.165) is 12.1 Å². The second kappa shape index (κ2) is 8.21. The lowest BCUT2D eigenvalue weighted by molar-refractivity contribution is 0.592. The molecule has 1 aromatic rings. The average molecular weight is 302 g/mol. The van der Waals surface area contributed by atoms with Gasteiger partial charge in [-0.25, -0.2) is 12.8 Å². The topological polar surface area (TPSA) is 63.4 Å². The molecule has 0 spiro atoms. The number of halogens is 1. The average Bonchev–Trinajstić information content (AvgIpc) is 2.40. The molecular formula is C14H23FN2O2S. The molecule has 0 amide bonds. The zero-order valence-corrected chi connectivity index (χ0v) is 12.7. The molecule has 6 heteroatoms. The van der Waals surface area contributed by atoms with Gasteiger partial charge in [-0.2, -0.15) is 0 Å². The summed E-state index contributed by atoms with van der Waals surface area (Å²) < 4.78 is 36.5. The molecule has 2 N–H and O–H groups in total. The molecule has 0 atom stereocenters. The fourth-order valence-electron chi connectivity index (χ4n) is 1.97. The monoisotopic (exact) mass is 302 g/mol. The third kappa shape index (κ3) is 5.88. The predicted octanol–water partition coefficient (Wildman–Crippen LogP) is 1.81. The summed E-state index contributed by atoms with van der Waals surface area (Å²) >= 11 is 0. The molecule has 0 unspecified atom stereocenters. The van der Waals surface area contributed by atoms with E-state index in [1.165, 1.54) is 12.1 Å². The maximum absolute atomic E-state index is 12.9. The summed E-state index contributed by atoms with van der Waals surface area (Å²) in [4.78, 5) is 1.94. The lowest BCUT2D eigenvalue weighted by Crippen LogP contribution is -2.32. The van der Waals surface area contributed by atoms with Crippen LogP contribution in [0.2, 0.25) is 0 Å². The molecular weight excluding hydrogens is 279 g/mol. The maximum atomic E-state index is 12.9. The third-order valence-corrected chi connectivity index (χ3v) is 4.85. The Kier molecular flexibility index (Phi) is 6.95. The first-order valence-corrected chi connectivity index (χ1v) is 8.71. The molecule has 0 aliphatic heterocycles. The predicted molar refractivity (Wildman–Crippen MR) is 81.2 cm³/mol. The van der Waals surface area contributed by atoms with Crippen LogP contribution in [-0.4, -0.2) is 39.6 Å². The van der Waals surface area contributed by atoms with Gasteiger partial charge in [0.15, 0.2) is 9.84 Å². The summed E-state index contributed by atoms with van der Waals surface area (Å²) in [6.07, 6.45) is 1.40. The van der Waals surface area contributed by atoms with Gasteiger partial charge in [0.05, 0.1) is 5.75 Å². The van der Waals surface area contributed by atoms with Crippen LogP contribution in [0.25, 0.3) is 0 Å². The normalized spacial score (nSPS) is 11.6. The fraction of sp³-hybridized carbons (Fsp3) is 0.571. The van der Waals surface area contributed by atoms with Crippen molar-refractivity contribution < 1.29 is 12.8 Å². The number of nitrogens with zero attached hydrogens (tertiary/aromatic N) is 1. The van der Waals surface area contributed by atoms with Gasteiger partial charge in [0.1, 0.15) is 5.82 Å². The molecule has 0 aromatic heterocycles. The van der Waals surface area contributed by atoms with Gasteiger partial charge in [0, 0.05) is 24.5 Å². The summed E-state index contributed by atoms with van der Waals surface area (Å²) in [5.41, 5.74) is 6.33. The highest BCUT2D eigenvalue weighted by atomic mass is 32.2. The molecule has 1 aromatic carbocycles. The summed E-state index contributed by atoms with van der Waals surface area (Å²) in [7, 11) is -3.01. The Morgan fingerprint density at radius 2 is 1.80 bits per heavy atom. The van der Waals surface area contributed by atoms with Gasteiger partial charge < -0.3 is 10.6 Å². The minimum atomic E-state index is -3.01. The van der Waals surface area contributed by atoms with E-state index < -0.39 is 9.84 Å². The van der Waals surface area contributed by atoms with Gasteiger partial charge in [0.25, 0.3) is 0 Å². The van der Waals surface area contributed by atoms with Crippen molar-refractivity contribution in [1.82, 2.24) is 0 Å². The molecule has 0 aliphatic carbocycles. The smallest absolute Gasteiger partial charge is 0.152 e. The van der Waals surface area contributed by atoms with Crippen LogP contribution < -0.4 is 10.6 Å². The highest BCUT2D eigenvalue weighted by molar-refractivity contribution is 7.91. The Hall–Kier alpha value is -1.14. The highest BCUT2D eigenvalue weighted by Gasteiger charge is 2.13. The van der Waals surface area contributed by atoms with Crippen LogP contribution in [0.15, 0.2) is 24.3 Å². The molecule has 4 nitrogen and oxygen atoms in total. The molecule has 0 saturated heterocycles. The van der Waals surface area contributed by atoms with E-state index in [1.54, 1.807) is 12.1 Å². The fourth-order valence-corrected chi connectivity index (χ4v) is 3.29. The van der Waals surface area contributed by atoms with Crippen LogP contribution >= 0.6 is 0 Å². The van der Waals surface area contributed by atoms with Crippen molar-refractivity contribution in [1.29, 1.82) is 0 Å². The van der Waals surface area contributed by atoms with E-state index in [1.807, 2.05) is 11.8 Å². The van der Waals surface area contributed by atoms with E-state index in [-0.39, 0.29) is 17.3 Å². The van der Waals surface area contributed by atoms with E-state index in [0.29, 0.717) is 26.1 Å². The van der Waals surface area contributed by atoms with Crippen molar-refractivity contribution in [3.05, 3.63) is 30.1 Å². The summed E-state index contributed by atoms with van der Waals surface area (Å²) in [6.45, 7) is 3.47. The minimum Gasteiger partial charge on any atom is -0.370 e. The van der Waals surface area contributed by atoms with Gasteiger partial charge in [0.2, 0.25) is 0 Å². The van der Waals surface area contributed by atoms with Crippen molar-refractivity contribution in [3.8, 4) is 0 Å². The van der Waals surface area contributed by atoms with Gasteiger partial charge in [-0.05, 0) is 43.7 Å². The van der Waals surface area contributed by atoms with E-state index >= 15 is 0 Å². The number of nitrogens with two attached hydrogens (primary N) is 1. The molecule has 114 valence electrons. The summed E-state index contributed by atoms with van der Waals surface area (Å²) in [6, 6.07) is 6.09. The standard InChI is InChI=1S/C14H23FN2O2S/c1-2-11-20(18,19)12-10-17(9-3-8-16)14-6-4-13(15)5-7-14/h4-7H,2-3,8-12,16H2,1H3. The largest absolute Gasteiger partial charge is 0.370 e. The van der Waals surface area contributed by atoms with Crippen LogP contribution in [0.3, 0.4) is 0 Å². The van der Waals surface area contributed by atoms with Crippen LogP contribution in [0.4, 0.5) is 10.1 Å². The van der Waals surface area contributed by atoms with Gasteiger partial charge in [-0.1, -0.05) is 6.92 Å². The highest BCUT2D eigenvalue weighted by Crippen LogP contribution is 2.15. The Morgan fingerprint density at radius 3 is 2.35 bits per heavy atom. The number of hydrogen-bond donors (Lipinski definition) is 1. The van der Waals surface area contributed by atoms with Gasteiger partial charge in [-0.15, -0.1) is 0 Å². The van der Waals surface area contributed by atoms with Gasteiger partial charge >= 0.3 is 0 Å². The number of sulfone groups is 1. The van der Waals surface area contributed by atoms with Crippen LogP contribution in [0, 0.1) is 5.82 Å². The first-order valence-electron chi connectivity index (χ1n) is 6.89. The van der Waals surface area contributed by atoms with Crippen molar-refractivity contribution in [3.63, 3.8) is 0 Å². The number of benzene rings is 1. The van der Waals surface area contributed by atoms with Crippen LogP contribution in [-0.2, 0) is 9.84 Å². The minimum absolute atomic E-state index is 0.114. The quantitative estimate of drug-likeness (QED) is 0.755. The SMILES string of the molecule is CCCS(=O)(=O)CCN(CCCN)c1ccc(F)cc1. The molecule has 0 saturated carbocycles.